The largest absolute Gasteiger partial charge is 0.487 e. The standard InChI is InChI=1S/C24H25FN2O5/c1-4-27-20(14-32-17-12-10-16(11-13-17)15(3)28)21(23(29)31-5-2)22(26-24(27)30)18-8-6-7-9-19(18)25/h6-13,22H,4-5,14H2,1-3H3,(H,26,30)/t22-/m0/s1. The van der Waals surface area contributed by atoms with Crippen LogP contribution in [-0.2, 0) is 9.53 Å². The summed E-state index contributed by atoms with van der Waals surface area (Å²) in [4.78, 5) is 38.6. The Balaban J connectivity index is 2.04. The van der Waals surface area contributed by atoms with Crippen LogP contribution in [0.5, 0.6) is 5.75 Å². The number of ether oxygens (including phenoxy) is 2. The van der Waals surface area contributed by atoms with Crippen LogP contribution in [0.15, 0.2) is 59.8 Å². The predicted molar refractivity (Wildman–Crippen MR) is 116 cm³/mol. The minimum atomic E-state index is -1.02. The summed E-state index contributed by atoms with van der Waals surface area (Å²) < 4.78 is 25.7. The maximum absolute atomic E-state index is 14.6. The number of nitrogens with zero attached hydrogens (tertiary/aromatic N) is 1. The van der Waals surface area contributed by atoms with Gasteiger partial charge >= 0.3 is 12.0 Å². The van der Waals surface area contributed by atoms with Gasteiger partial charge < -0.3 is 14.8 Å². The molecule has 3 rings (SSSR count). The number of nitrogens with one attached hydrogen (secondary N) is 1. The summed E-state index contributed by atoms with van der Waals surface area (Å²) in [6.07, 6.45) is 0. The lowest BCUT2D eigenvalue weighted by Gasteiger charge is -2.36. The molecule has 0 fully saturated rings. The molecule has 0 unspecified atom stereocenters. The number of Topliss-reactive ketones (excluding diaryl/α,β-unsaturated/α-hetero) is 1. The van der Waals surface area contributed by atoms with E-state index in [0.717, 1.165) is 0 Å². The van der Waals surface area contributed by atoms with Gasteiger partial charge in [-0.2, -0.15) is 0 Å². The van der Waals surface area contributed by atoms with Crippen molar-refractivity contribution < 1.29 is 28.2 Å². The summed E-state index contributed by atoms with van der Waals surface area (Å²) in [7, 11) is 0. The monoisotopic (exact) mass is 440 g/mol. The fraction of sp³-hybridized carbons (Fsp3) is 0.292. The summed E-state index contributed by atoms with van der Waals surface area (Å²) in [5.74, 6) is -0.831. The molecule has 0 bridgehead atoms. The van der Waals surface area contributed by atoms with E-state index in [1.165, 1.54) is 30.0 Å². The fourth-order valence-corrected chi connectivity index (χ4v) is 3.52. The van der Waals surface area contributed by atoms with Gasteiger partial charge in [-0.1, -0.05) is 18.2 Å². The minimum Gasteiger partial charge on any atom is -0.487 e. The number of likely N-dealkylation sites (N-methyl/N-ethyl adjacent to an activating group) is 1. The maximum atomic E-state index is 14.6. The van der Waals surface area contributed by atoms with Crippen LogP contribution in [0.1, 0.15) is 42.7 Å². The summed E-state index contributed by atoms with van der Waals surface area (Å²) in [6, 6.07) is 11.0. The first-order chi connectivity index (χ1) is 15.4. The first-order valence-electron chi connectivity index (χ1n) is 10.3. The molecule has 2 aromatic rings. The van der Waals surface area contributed by atoms with Crippen molar-refractivity contribution in [1.29, 1.82) is 0 Å². The third-order valence-electron chi connectivity index (χ3n) is 5.10. The van der Waals surface area contributed by atoms with Crippen molar-refractivity contribution in [3.63, 3.8) is 0 Å². The Hall–Kier alpha value is -3.68. The van der Waals surface area contributed by atoms with E-state index in [9.17, 15) is 18.8 Å². The molecule has 0 aromatic heterocycles. The smallest absolute Gasteiger partial charge is 0.338 e. The molecule has 1 N–H and O–H groups in total. The molecule has 0 saturated heterocycles. The van der Waals surface area contributed by atoms with Crippen molar-refractivity contribution in [2.45, 2.75) is 26.8 Å². The Labute approximate surface area is 185 Å². The van der Waals surface area contributed by atoms with E-state index in [1.54, 1.807) is 44.2 Å². The molecule has 2 amide bonds. The molecule has 0 radical (unpaired) electrons. The molecule has 8 heteroatoms. The topological polar surface area (TPSA) is 84.9 Å². The molecule has 2 aromatic carbocycles. The van der Waals surface area contributed by atoms with Gasteiger partial charge in [0.05, 0.1) is 23.9 Å². The predicted octanol–water partition coefficient (Wildman–Crippen LogP) is 4.01. The Morgan fingerprint density at radius 1 is 1.09 bits per heavy atom. The van der Waals surface area contributed by atoms with Crippen LogP contribution in [0, 0.1) is 5.82 Å². The number of amides is 2. The van der Waals surface area contributed by atoms with Gasteiger partial charge in [0, 0.05) is 17.7 Å². The van der Waals surface area contributed by atoms with Gasteiger partial charge in [0.1, 0.15) is 18.2 Å². The molecule has 168 valence electrons. The van der Waals surface area contributed by atoms with E-state index in [2.05, 4.69) is 5.32 Å². The average Bonchev–Trinajstić information content (AvgIpc) is 2.78. The molecule has 1 heterocycles. The molecule has 0 saturated carbocycles. The Morgan fingerprint density at radius 3 is 2.38 bits per heavy atom. The number of esters is 1. The fourth-order valence-electron chi connectivity index (χ4n) is 3.52. The number of ketones is 1. The van der Waals surface area contributed by atoms with Crippen LogP contribution in [0.4, 0.5) is 9.18 Å². The lowest BCUT2D eigenvalue weighted by atomic mass is 9.94. The summed E-state index contributed by atoms with van der Waals surface area (Å²) >= 11 is 0. The number of hydrogen-bond acceptors (Lipinski definition) is 5. The number of benzene rings is 2. The first kappa shape index (κ1) is 23.0. The SMILES string of the molecule is CCOC(=O)C1=C(COc2ccc(C(C)=O)cc2)N(CC)C(=O)N[C@H]1c1ccccc1F. The summed E-state index contributed by atoms with van der Waals surface area (Å²) in [6.45, 7) is 5.15. The Kier molecular flexibility index (Phi) is 7.25. The first-order valence-corrected chi connectivity index (χ1v) is 10.3. The highest BCUT2D eigenvalue weighted by molar-refractivity contribution is 5.95. The summed E-state index contributed by atoms with van der Waals surface area (Å²) in [5.41, 5.74) is 1.09. The molecule has 7 nitrogen and oxygen atoms in total. The number of hydrogen-bond donors (Lipinski definition) is 1. The van der Waals surface area contributed by atoms with Gasteiger partial charge in [-0.25, -0.2) is 14.0 Å². The highest BCUT2D eigenvalue weighted by Crippen LogP contribution is 2.33. The molecule has 32 heavy (non-hydrogen) atoms. The van der Waals surface area contributed by atoms with E-state index < -0.39 is 23.9 Å². The van der Waals surface area contributed by atoms with Gasteiger partial charge in [0.15, 0.2) is 5.78 Å². The van der Waals surface area contributed by atoms with E-state index in [-0.39, 0.29) is 36.7 Å². The number of carbonyl (C=O) groups excluding carboxylic acids is 3. The average molecular weight is 440 g/mol. The number of urea groups is 1. The number of rotatable bonds is 8. The van der Waals surface area contributed by atoms with Crippen LogP contribution in [0.2, 0.25) is 0 Å². The lowest BCUT2D eigenvalue weighted by molar-refractivity contribution is -0.139. The Morgan fingerprint density at radius 2 is 1.78 bits per heavy atom. The van der Waals surface area contributed by atoms with Crippen molar-refractivity contribution in [3.05, 3.63) is 76.7 Å². The molecular weight excluding hydrogens is 415 g/mol. The second-order valence-corrected chi connectivity index (χ2v) is 7.10. The van der Waals surface area contributed by atoms with Gasteiger partial charge in [-0.15, -0.1) is 0 Å². The maximum Gasteiger partial charge on any atom is 0.338 e. The van der Waals surface area contributed by atoms with Crippen LogP contribution >= 0.6 is 0 Å². The molecule has 0 aliphatic carbocycles. The number of halogens is 1. The zero-order valence-corrected chi connectivity index (χ0v) is 18.2. The van der Waals surface area contributed by atoms with Gasteiger partial charge in [0.2, 0.25) is 0 Å². The zero-order valence-electron chi connectivity index (χ0n) is 18.2. The van der Waals surface area contributed by atoms with Crippen LogP contribution in [0.25, 0.3) is 0 Å². The normalized spacial score (nSPS) is 15.9. The van der Waals surface area contributed by atoms with E-state index in [0.29, 0.717) is 17.0 Å². The van der Waals surface area contributed by atoms with Crippen molar-refractivity contribution in [1.82, 2.24) is 10.2 Å². The van der Waals surface area contributed by atoms with Crippen molar-refractivity contribution in [3.8, 4) is 5.75 Å². The Bertz CT molecular complexity index is 1050. The van der Waals surface area contributed by atoms with E-state index in [1.807, 2.05) is 0 Å². The zero-order chi connectivity index (χ0) is 23.3. The van der Waals surface area contributed by atoms with Crippen molar-refractivity contribution >= 4 is 17.8 Å². The van der Waals surface area contributed by atoms with Gasteiger partial charge in [-0.3, -0.25) is 9.69 Å². The molecule has 0 spiro atoms. The third-order valence-corrected chi connectivity index (χ3v) is 5.10. The van der Waals surface area contributed by atoms with E-state index in [4.69, 9.17) is 9.47 Å². The summed E-state index contributed by atoms with van der Waals surface area (Å²) in [5, 5.41) is 2.71. The molecule has 1 aliphatic rings. The number of carbonyl (C=O) groups is 3. The lowest BCUT2D eigenvalue weighted by Crippen LogP contribution is -2.49. The second kappa shape index (κ2) is 10.1. The molecule has 1 atom stereocenters. The van der Waals surface area contributed by atoms with Gasteiger partial charge in [-0.05, 0) is 51.1 Å². The van der Waals surface area contributed by atoms with E-state index >= 15 is 0 Å². The quantitative estimate of drug-likeness (QED) is 0.495. The second-order valence-electron chi connectivity index (χ2n) is 7.10. The minimum absolute atomic E-state index is 0.0716. The van der Waals surface area contributed by atoms with Crippen LogP contribution < -0.4 is 10.1 Å². The van der Waals surface area contributed by atoms with Crippen molar-refractivity contribution in [2.24, 2.45) is 0 Å². The van der Waals surface area contributed by atoms with Crippen molar-refractivity contribution in [2.75, 3.05) is 19.8 Å². The highest BCUT2D eigenvalue weighted by atomic mass is 19.1. The highest BCUT2D eigenvalue weighted by Gasteiger charge is 2.39. The molecular formula is C24H25FN2O5. The molecule has 1 aliphatic heterocycles. The third kappa shape index (κ3) is 4.80. The van der Waals surface area contributed by atoms with Crippen LogP contribution in [-0.4, -0.2) is 42.4 Å². The van der Waals surface area contributed by atoms with Crippen LogP contribution in [0.3, 0.4) is 0 Å². The van der Waals surface area contributed by atoms with Gasteiger partial charge in [0.25, 0.3) is 0 Å².